The van der Waals surface area contributed by atoms with Crippen molar-refractivity contribution in [2.24, 2.45) is 16.7 Å². The number of ether oxygens (including phenoxy) is 2. The molecule has 3 aliphatic rings. The van der Waals surface area contributed by atoms with Crippen LogP contribution in [0, 0.1) is 16.7 Å². The van der Waals surface area contributed by atoms with Crippen LogP contribution >= 0.6 is 0 Å². The number of esters is 1. The molecule has 2 aliphatic carbocycles. The van der Waals surface area contributed by atoms with Crippen molar-refractivity contribution in [2.75, 3.05) is 6.61 Å². The molecule has 4 N–H and O–H groups in total. The molecule has 1 saturated heterocycles. The van der Waals surface area contributed by atoms with Gasteiger partial charge in [0.1, 0.15) is 23.4 Å². The zero-order valence-corrected chi connectivity index (χ0v) is 21.6. The summed E-state index contributed by atoms with van der Waals surface area (Å²) in [6, 6.07) is 8.30. The zero-order chi connectivity index (χ0) is 26.7. The van der Waals surface area contributed by atoms with Gasteiger partial charge >= 0.3 is 5.97 Å². The van der Waals surface area contributed by atoms with Gasteiger partial charge in [0, 0.05) is 23.2 Å². The molecule has 36 heavy (non-hydrogen) atoms. The summed E-state index contributed by atoms with van der Waals surface area (Å²) in [6.45, 7) is 8.25. The van der Waals surface area contributed by atoms with Crippen molar-refractivity contribution in [3.8, 4) is 0 Å². The van der Waals surface area contributed by atoms with Gasteiger partial charge in [-0.1, -0.05) is 45.0 Å². The van der Waals surface area contributed by atoms with Crippen LogP contribution < -0.4 is 0 Å². The second-order valence-corrected chi connectivity index (χ2v) is 11.7. The lowest BCUT2D eigenvalue weighted by atomic mass is 9.49. The minimum absolute atomic E-state index is 0.0989. The maximum atomic E-state index is 13.5. The first-order valence-corrected chi connectivity index (χ1v) is 12.6. The second kappa shape index (κ2) is 9.03. The van der Waals surface area contributed by atoms with Crippen molar-refractivity contribution in [2.45, 2.75) is 89.5 Å². The largest absolute Gasteiger partial charge is 0.455 e. The molecule has 8 atom stereocenters. The monoisotopic (exact) mass is 502 g/mol. The number of Topliss-reactive ketones (excluding diaryl/α,β-unsaturated/α-hetero) is 1. The topological polar surface area (TPSA) is 134 Å². The Kier molecular flexibility index (Phi) is 6.76. The number of ketones is 1. The van der Waals surface area contributed by atoms with E-state index in [0.717, 1.165) is 0 Å². The molecule has 0 amide bonds. The first-order valence-electron chi connectivity index (χ1n) is 12.6. The molecule has 198 valence electrons. The molecule has 8 heteroatoms. The highest BCUT2D eigenvalue weighted by molar-refractivity contribution is 5.90. The molecule has 8 nitrogen and oxygen atoms in total. The van der Waals surface area contributed by atoms with Crippen molar-refractivity contribution in [1.82, 2.24) is 0 Å². The lowest BCUT2D eigenvalue weighted by molar-refractivity contribution is -0.326. The maximum Gasteiger partial charge on any atom is 0.338 e. The Morgan fingerprint density at radius 3 is 2.33 bits per heavy atom. The highest BCUT2D eigenvalue weighted by atomic mass is 16.6. The van der Waals surface area contributed by atoms with Crippen molar-refractivity contribution < 1.29 is 39.5 Å². The van der Waals surface area contributed by atoms with Gasteiger partial charge in [-0.3, -0.25) is 4.79 Å². The third-order valence-electron chi connectivity index (χ3n) is 8.92. The number of carbonyl (C=O) groups is 2. The van der Waals surface area contributed by atoms with Gasteiger partial charge in [-0.2, -0.15) is 0 Å². The van der Waals surface area contributed by atoms with E-state index >= 15 is 0 Å². The van der Waals surface area contributed by atoms with Gasteiger partial charge in [-0.25, -0.2) is 4.79 Å². The van der Waals surface area contributed by atoms with Gasteiger partial charge in [-0.05, 0) is 44.4 Å². The van der Waals surface area contributed by atoms with Gasteiger partial charge in [0.15, 0.2) is 5.78 Å². The fraction of sp³-hybridized carbons (Fsp3) is 0.643. The van der Waals surface area contributed by atoms with Crippen molar-refractivity contribution in [3.63, 3.8) is 0 Å². The van der Waals surface area contributed by atoms with E-state index in [0.29, 0.717) is 12.0 Å². The van der Waals surface area contributed by atoms with E-state index in [1.165, 1.54) is 6.92 Å². The van der Waals surface area contributed by atoms with Gasteiger partial charge in [0.25, 0.3) is 0 Å². The van der Waals surface area contributed by atoms with E-state index in [-0.39, 0.29) is 25.0 Å². The molecular weight excluding hydrogens is 464 g/mol. The van der Waals surface area contributed by atoms with Crippen LogP contribution in [-0.4, -0.2) is 74.4 Å². The van der Waals surface area contributed by atoms with E-state index in [1.54, 1.807) is 64.1 Å². The lowest BCUT2D eigenvalue weighted by Gasteiger charge is -2.63. The Morgan fingerprint density at radius 2 is 1.78 bits per heavy atom. The maximum absolute atomic E-state index is 13.5. The fourth-order valence-corrected chi connectivity index (χ4v) is 6.67. The SMILES string of the molecule is CC1=CC(C)(C)[C@](O)([C@@H](OC(=O)c2ccccc2)[C@@H]2[C@]3(O)CO[C@@H]3CC[C@@]2(C)C(=O)[C@@H](C)O)C[C@@H]1O. The predicted octanol–water partition coefficient (Wildman–Crippen LogP) is 2.18. The summed E-state index contributed by atoms with van der Waals surface area (Å²) < 4.78 is 11.7. The first-order chi connectivity index (χ1) is 16.7. The van der Waals surface area contributed by atoms with Crippen LogP contribution in [0.1, 0.15) is 64.2 Å². The molecule has 4 rings (SSSR count). The lowest BCUT2D eigenvalue weighted by Crippen LogP contribution is -2.76. The molecule has 0 aromatic heterocycles. The van der Waals surface area contributed by atoms with E-state index in [2.05, 4.69) is 0 Å². The Balaban J connectivity index is 1.91. The van der Waals surface area contributed by atoms with Crippen LogP contribution in [0.5, 0.6) is 0 Å². The summed E-state index contributed by atoms with van der Waals surface area (Å²) in [4.78, 5) is 26.9. The van der Waals surface area contributed by atoms with E-state index in [4.69, 9.17) is 9.47 Å². The number of hydrogen-bond acceptors (Lipinski definition) is 8. The van der Waals surface area contributed by atoms with Crippen LogP contribution in [0.2, 0.25) is 0 Å². The number of fused-ring (bicyclic) bond motifs is 1. The Morgan fingerprint density at radius 1 is 1.14 bits per heavy atom. The third-order valence-corrected chi connectivity index (χ3v) is 8.92. The minimum atomic E-state index is -1.85. The normalized spacial score (nSPS) is 39.1. The molecular formula is C28H38O8. The summed E-state index contributed by atoms with van der Waals surface area (Å²) in [5, 5.41) is 45.4. The average molecular weight is 503 g/mol. The van der Waals surface area contributed by atoms with Crippen molar-refractivity contribution in [3.05, 3.63) is 47.5 Å². The molecule has 0 radical (unpaired) electrons. The fourth-order valence-electron chi connectivity index (χ4n) is 6.67. The summed E-state index contributed by atoms with van der Waals surface area (Å²) in [7, 11) is 0. The highest BCUT2D eigenvalue weighted by Gasteiger charge is 2.71. The second-order valence-electron chi connectivity index (χ2n) is 11.7. The van der Waals surface area contributed by atoms with Crippen LogP contribution in [0.15, 0.2) is 42.0 Å². The summed E-state index contributed by atoms with van der Waals surface area (Å²) in [6.07, 6.45) is -2.10. The average Bonchev–Trinajstić information content (AvgIpc) is 2.80. The van der Waals surface area contributed by atoms with E-state index in [1.807, 2.05) is 0 Å². The van der Waals surface area contributed by atoms with Gasteiger partial charge in [0.05, 0.1) is 24.4 Å². The van der Waals surface area contributed by atoms with Crippen LogP contribution in [-0.2, 0) is 14.3 Å². The summed E-state index contributed by atoms with van der Waals surface area (Å²) in [5.41, 5.74) is -4.84. The third kappa shape index (κ3) is 4.03. The van der Waals surface area contributed by atoms with Gasteiger partial charge in [0.2, 0.25) is 0 Å². The minimum Gasteiger partial charge on any atom is -0.455 e. The van der Waals surface area contributed by atoms with Gasteiger partial charge in [-0.15, -0.1) is 0 Å². The number of benzene rings is 1. The molecule has 2 fully saturated rings. The molecule has 1 aliphatic heterocycles. The molecule has 0 unspecified atom stereocenters. The van der Waals surface area contributed by atoms with Crippen molar-refractivity contribution >= 4 is 11.8 Å². The summed E-state index contributed by atoms with van der Waals surface area (Å²) >= 11 is 0. The standard InChI is InChI=1S/C28H38O8/c1-16-13-25(3,4)28(34,14-19(16)30)23(36-24(32)18-9-7-6-8-10-18)21-26(5,22(31)17(2)29)12-11-20-27(21,33)15-35-20/h6-10,13,17,19-21,23,29-30,33-34H,11-12,14-15H2,1-5H3/t17-,19+,20-,21+,23+,26-,27+,28-/m1/s1. The van der Waals surface area contributed by atoms with Crippen molar-refractivity contribution in [1.29, 1.82) is 0 Å². The number of rotatable bonds is 6. The Hall–Kier alpha value is -2.10. The van der Waals surface area contributed by atoms with Crippen LogP contribution in [0.25, 0.3) is 0 Å². The predicted molar refractivity (Wildman–Crippen MR) is 131 cm³/mol. The highest BCUT2D eigenvalue weighted by Crippen LogP contribution is 2.59. The molecule has 0 spiro atoms. The number of aliphatic hydroxyl groups excluding tert-OH is 2. The van der Waals surface area contributed by atoms with Gasteiger partial charge < -0.3 is 29.9 Å². The molecule has 1 saturated carbocycles. The quantitative estimate of drug-likeness (QED) is 0.344. The zero-order valence-electron chi connectivity index (χ0n) is 21.6. The molecule has 1 aromatic rings. The molecule has 1 aromatic carbocycles. The Labute approximate surface area is 211 Å². The number of carbonyl (C=O) groups excluding carboxylic acids is 2. The van der Waals surface area contributed by atoms with E-state index < -0.39 is 64.1 Å². The smallest absolute Gasteiger partial charge is 0.338 e. The van der Waals surface area contributed by atoms with E-state index in [9.17, 15) is 30.0 Å². The van der Waals surface area contributed by atoms with Crippen LogP contribution in [0.3, 0.4) is 0 Å². The Bertz CT molecular complexity index is 1050. The molecule has 0 bridgehead atoms. The first kappa shape index (κ1) is 26.9. The molecule has 1 heterocycles. The number of aliphatic hydroxyl groups is 4. The van der Waals surface area contributed by atoms with Crippen LogP contribution in [0.4, 0.5) is 0 Å². The number of hydrogen-bond donors (Lipinski definition) is 4. The summed E-state index contributed by atoms with van der Waals surface area (Å²) in [5.74, 6) is -2.32.